The summed E-state index contributed by atoms with van der Waals surface area (Å²) in [6.45, 7) is 12.5. The van der Waals surface area contributed by atoms with E-state index in [1.807, 2.05) is 0 Å². The molecule has 1 nitrogen and oxygen atoms in total. The third-order valence-electron chi connectivity index (χ3n) is 4.57. The fourth-order valence-corrected chi connectivity index (χ4v) is 3.12. The maximum Gasteiger partial charge on any atom is 0.191 e. The van der Waals surface area contributed by atoms with Crippen molar-refractivity contribution < 1.29 is 4.43 Å². The Bertz CT molecular complexity index is 274. The summed E-state index contributed by atoms with van der Waals surface area (Å²) in [6, 6.07) is 0. The first kappa shape index (κ1) is 14.8. The smallest absolute Gasteiger partial charge is 0.191 e. The largest absolute Gasteiger partial charge is 0.417 e. The minimum atomic E-state index is -1.55. The van der Waals surface area contributed by atoms with Crippen molar-refractivity contribution >= 4 is 8.32 Å². The fraction of sp³-hybridized carbons (Fsp3) is 0.867. The van der Waals surface area contributed by atoms with Crippen LogP contribution >= 0.6 is 0 Å². The number of terminal acetylenes is 1. The van der Waals surface area contributed by atoms with E-state index in [1.54, 1.807) is 0 Å². The van der Waals surface area contributed by atoms with Crippen LogP contribution in [0.25, 0.3) is 0 Å². The van der Waals surface area contributed by atoms with E-state index >= 15 is 0 Å². The first-order chi connectivity index (χ1) is 7.76. The van der Waals surface area contributed by atoms with Crippen molar-refractivity contribution in [2.45, 2.75) is 64.6 Å². The normalized spacial score (nSPS) is 26.6. The van der Waals surface area contributed by atoms with Gasteiger partial charge in [-0.2, -0.15) is 0 Å². The van der Waals surface area contributed by atoms with E-state index in [0.717, 1.165) is 12.5 Å². The monoisotopic (exact) mass is 252 g/mol. The summed E-state index contributed by atoms with van der Waals surface area (Å²) in [5.74, 6) is 4.16. The van der Waals surface area contributed by atoms with Crippen LogP contribution in [0, 0.1) is 24.2 Å². The van der Waals surface area contributed by atoms with Crippen LogP contribution in [0.1, 0.15) is 46.5 Å². The molecule has 0 aromatic carbocycles. The molecule has 0 bridgehead atoms. The summed E-state index contributed by atoms with van der Waals surface area (Å²) in [7, 11) is -1.55. The molecule has 1 aliphatic rings. The van der Waals surface area contributed by atoms with Crippen LogP contribution < -0.4 is 0 Å². The van der Waals surface area contributed by atoms with Gasteiger partial charge in [0.25, 0.3) is 0 Å². The Labute approximate surface area is 108 Å². The lowest BCUT2D eigenvalue weighted by atomic mass is 9.83. The average Bonchev–Trinajstić information content (AvgIpc) is 2.25. The van der Waals surface area contributed by atoms with Crippen LogP contribution in [-0.4, -0.2) is 14.9 Å². The molecule has 0 unspecified atom stereocenters. The molecule has 0 aromatic rings. The average molecular weight is 252 g/mol. The summed E-state index contributed by atoms with van der Waals surface area (Å²) in [5, 5.41) is 0.322. The number of hydrogen-bond donors (Lipinski definition) is 0. The third-order valence-corrected chi connectivity index (χ3v) is 9.07. The van der Waals surface area contributed by atoms with Crippen molar-refractivity contribution in [3.05, 3.63) is 0 Å². The minimum absolute atomic E-state index is 0.322. The summed E-state index contributed by atoms with van der Waals surface area (Å²) >= 11 is 0. The fourth-order valence-electron chi connectivity index (χ4n) is 2.04. The molecule has 0 aromatic heterocycles. The van der Waals surface area contributed by atoms with Gasteiger partial charge in [0.1, 0.15) is 0 Å². The highest BCUT2D eigenvalue weighted by Crippen LogP contribution is 2.38. The molecule has 0 atom stereocenters. The van der Waals surface area contributed by atoms with Gasteiger partial charge >= 0.3 is 0 Å². The van der Waals surface area contributed by atoms with E-state index in [0.29, 0.717) is 11.0 Å². The quantitative estimate of drug-likeness (QED) is 0.533. The van der Waals surface area contributed by atoms with Gasteiger partial charge in [0.05, 0.1) is 0 Å². The molecule has 0 aliphatic heterocycles. The molecule has 0 N–H and O–H groups in total. The molecule has 1 fully saturated rings. The first-order valence-corrected chi connectivity index (χ1v) is 9.77. The first-order valence-electron chi connectivity index (χ1n) is 6.86. The van der Waals surface area contributed by atoms with E-state index in [2.05, 4.69) is 39.8 Å². The van der Waals surface area contributed by atoms with E-state index in [1.165, 1.54) is 25.7 Å². The Morgan fingerprint density at radius 1 is 1.18 bits per heavy atom. The van der Waals surface area contributed by atoms with E-state index in [-0.39, 0.29) is 0 Å². The van der Waals surface area contributed by atoms with Gasteiger partial charge in [-0.25, -0.2) is 0 Å². The van der Waals surface area contributed by atoms with Gasteiger partial charge in [0.2, 0.25) is 0 Å². The molecule has 1 aliphatic carbocycles. The van der Waals surface area contributed by atoms with E-state index in [9.17, 15) is 0 Å². The minimum Gasteiger partial charge on any atom is -0.417 e. The highest BCUT2D eigenvalue weighted by atomic mass is 28.4. The molecular formula is C15H28OSi. The predicted molar refractivity (Wildman–Crippen MR) is 77.4 cm³/mol. The SMILES string of the molecule is C#CC1CCC(CO[Si](C)(C)C(C)(C)C)CC1. The van der Waals surface area contributed by atoms with Crippen molar-refractivity contribution in [1.29, 1.82) is 0 Å². The summed E-state index contributed by atoms with van der Waals surface area (Å²) in [5.41, 5.74) is 0. The lowest BCUT2D eigenvalue weighted by molar-refractivity contribution is 0.183. The maximum absolute atomic E-state index is 6.29. The highest BCUT2D eigenvalue weighted by Gasteiger charge is 2.37. The Hall–Kier alpha value is -0.263. The van der Waals surface area contributed by atoms with Gasteiger partial charge in [-0.3, -0.25) is 0 Å². The molecule has 17 heavy (non-hydrogen) atoms. The maximum atomic E-state index is 6.29. The van der Waals surface area contributed by atoms with Crippen LogP contribution in [0.2, 0.25) is 18.1 Å². The van der Waals surface area contributed by atoms with Gasteiger partial charge in [0, 0.05) is 12.5 Å². The standard InChI is InChI=1S/C15H28OSi/c1-7-13-8-10-14(11-9-13)12-16-17(5,6)15(2,3)4/h1,13-14H,8-12H2,2-6H3. The molecule has 2 heteroatoms. The molecule has 1 rings (SSSR count). The second-order valence-corrected chi connectivity index (χ2v) is 11.8. The molecule has 98 valence electrons. The van der Waals surface area contributed by atoms with Crippen LogP contribution in [0.3, 0.4) is 0 Å². The Kier molecular flexibility index (Phi) is 4.86. The number of hydrogen-bond acceptors (Lipinski definition) is 1. The molecule has 0 heterocycles. The van der Waals surface area contributed by atoms with E-state index in [4.69, 9.17) is 10.8 Å². The zero-order valence-electron chi connectivity index (χ0n) is 12.2. The van der Waals surface area contributed by atoms with Crippen molar-refractivity contribution in [1.82, 2.24) is 0 Å². The van der Waals surface area contributed by atoms with Gasteiger partial charge in [-0.05, 0) is 49.7 Å². The third kappa shape index (κ3) is 4.15. The van der Waals surface area contributed by atoms with Gasteiger partial charge < -0.3 is 4.43 Å². The van der Waals surface area contributed by atoms with Gasteiger partial charge in [-0.15, -0.1) is 12.3 Å². The molecule has 0 amide bonds. The zero-order chi connectivity index (χ0) is 13.1. The zero-order valence-corrected chi connectivity index (χ0v) is 13.2. The molecule has 0 spiro atoms. The van der Waals surface area contributed by atoms with Crippen LogP contribution in [0.15, 0.2) is 0 Å². The van der Waals surface area contributed by atoms with Crippen molar-refractivity contribution in [3.63, 3.8) is 0 Å². The molecule has 0 radical (unpaired) electrons. The Morgan fingerprint density at radius 2 is 1.71 bits per heavy atom. The van der Waals surface area contributed by atoms with Crippen molar-refractivity contribution in [2.24, 2.45) is 11.8 Å². The van der Waals surface area contributed by atoms with Crippen LogP contribution in [0.4, 0.5) is 0 Å². The van der Waals surface area contributed by atoms with Gasteiger partial charge in [-0.1, -0.05) is 20.8 Å². The molecule has 0 saturated heterocycles. The van der Waals surface area contributed by atoms with Crippen LogP contribution in [0.5, 0.6) is 0 Å². The lowest BCUT2D eigenvalue weighted by Gasteiger charge is -2.38. The lowest BCUT2D eigenvalue weighted by Crippen LogP contribution is -2.42. The van der Waals surface area contributed by atoms with Crippen molar-refractivity contribution in [3.8, 4) is 12.3 Å². The summed E-state index contributed by atoms with van der Waals surface area (Å²) < 4.78 is 6.29. The summed E-state index contributed by atoms with van der Waals surface area (Å²) in [4.78, 5) is 0. The second kappa shape index (κ2) is 5.59. The highest BCUT2D eigenvalue weighted by molar-refractivity contribution is 6.74. The topological polar surface area (TPSA) is 9.23 Å². The Morgan fingerprint density at radius 3 is 2.12 bits per heavy atom. The number of rotatable bonds is 3. The van der Waals surface area contributed by atoms with Gasteiger partial charge in [0.15, 0.2) is 8.32 Å². The molecule has 1 saturated carbocycles. The van der Waals surface area contributed by atoms with Crippen molar-refractivity contribution in [2.75, 3.05) is 6.61 Å². The summed E-state index contributed by atoms with van der Waals surface area (Å²) in [6.07, 6.45) is 10.4. The van der Waals surface area contributed by atoms with E-state index < -0.39 is 8.32 Å². The predicted octanol–water partition coefficient (Wildman–Crippen LogP) is 4.45. The second-order valence-electron chi connectivity index (χ2n) is 6.96. The Balaban J connectivity index is 2.36. The molecular weight excluding hydrogens is 224 g/mol. The van der Waals surface area contributed by atoms with Crippen LogP contribution in [-0.2, 0) is 4.43 Å².